The first-order chi connectivity index (χ1) is 12.6. The molecule has 132 valence electrons. The molecule has 1 heterocycles. The van der Waals surface area contributed by atoms with Crippen molar-refractivity contribution in [2.45, 2.75) is 0 Å². The number of methoxy groups -OCH3 is 1. The summed E-state index contributed by atoms with van der Waals surface area (Å²) in [6, 6.07) is 11.7. The van der Waals surface area contributed by atoms with E-state index in [4.69, 9.17) is 4.74 Å². The molecule has 26 heavy (non-hydrogen) atoms. The Morgan fingerprint density at radius 1 is 1.00 bits per heavy atom. The van der Waals surface area contributed by atoms with Gasteiger partial charge in [-0.15, -0.1) is 0 Å². The van der Waals surface area contributed by atoms with Gasteiger partial charge in [0.25, 0.3) is 0 Å². The SMILES string of the molecule is COC(=O)c1ccccc1Nc1nccc(Nc2c(F)cccc2F)n1. The normalized spacial score (nSPS) is 10.3. The largest absolute Gasteiger partial charge is 0.465 e. The Morgan fingerprint density at radius 3 is 2.46 bits per heavy atom. The monoisotopic (exact) mass is 356 g/mol. The van der Waals surface area contributed by atoms with Crippen LogP contribution in [-0.2, 0) is 4.74 Å². The number of benzene rings is 2. The Labute approximate surface area is 147 Å². The van der Waals surface area contributed by atoms with E-state index in [-0.39, 0.29) is 17.5 Å². The van der Waals surface area contributed by atoms with Crippen LogP contribution in [0.1, 0.15) is 10.4 Å². The van der Waals surface area contributed by atoms with Gasteiger partial charge < -0.3 is 15.4 Å². The number of para-hydroxylation sites is 2. The molecule has 0 amide bonds. The molecular weight excluding hydrogens is 342 g/mol. The maximum Gasteiger partial charge on any atom is 0.339 e. The fourth-order valence-electron chi connectivity index (χ4n) is 2.23. The van der Waals surface area contributed by atoms with Crippen molar-refractivity contribution in [2.75, 3.05) is 17.7 Å². The van der Waals surface area contributed by atoms with Gasteiger partial charge in [0.05, 0.1) is 18.4 Å². The van der Waals surface area contributed by atoms with E-state index < -0.39 is 17.6 Å². The number of ether oxygens (including phenoxy) is 1. The van der Waals surface area contributed by atoms with E-state index in [0.29, 0.717) is 11.3 Å². The minimum Gasteiger partial charge on any atom is -0.465 e. The molecule has 0 spiro atoms. The maximum atomic E-state index is 13.8. The first-order valence-electron chi connectivity index (χ1n) is 7.57. The molecular formula is C18H14F2N4O2. The van der Waals surface area contributed by atoms with Crippen LogP contribution in [-0.4, -0.2) is 23.0 Å². The molecule has 0 unspecified atom stereocenters. The van der Waals surface area contributed by atoms with Gasteiger partial charge in [-0.1, -0.05) is 18.2 Å². The van der Waals surface area contributed by atoms with Crippen molar-refractivity contribution < 1.29 is 18.3 Å². The summed E-state index contributed by atoms with van der Waals surface area (Å²) in [7, 11) is 1.28. The standard InChI is InChI=1S/C18H14F2N4O2/c1-26-17(25)11-5-2-3-8-14(11)22-18-21-10-9-15(24-18)23-16-12(19)6-4-7-13(16)20/h2-10H,1H3,(H2,21,22,23,24). The number of nitrogens with zero attached hydrogens (tertiary/aromatic N) is 2. The summed E-state index contributed by atoms with van der Waals surface area (Å²) in [4.78, 5) is 20.0. The molecule has 0 bridgehead atoms. The van der Waals surface area contributed by atoms with Gasteiger partial charge in [-0.25, -0.2) is 18.6 Å². The third kappa shape index (κ3) is 3.75. The highest BCUT2D eigenvalue weighted by molar-refractivity contribution is 5.96. The van der Waals surface area contributed by atoms with Crippen molar-refractivity contribution in [3.05, 3.63) is 71.9 Å². The summed E-state index contributed by atoms with van der Waals surface area (Å²) in [5.41, 5.74) is 0.429. The van der Waals surface area contributed by atoms with Crippen LogP contribution in [0.3, 0.4) is 0 Å². The zero-order valence-corrected chi connectivity index (χ0v) is 13.7. The van der Waals surface area contributed by atoms with Crippen LogP contribution in [0.15, 0.2) is 54.7 Å². The predicted molar refractivity (Wildman–Crippen MR) is 92.7 cm³/mol. The Morgan fingerprint density at radius 2 is 1.73 bits per heavy atom. The van der Waals surface area contributed by atoms with Crippen LogP contribution in [0.5, 0.6) is 0 Å². The van der Waals surface area contributed by atoms with Crippen LogP contribution >= 0.6 is 0 Å². The molecule has 3 rings (SSSR count). The van der Waals surface area contributed by atoms with Crippen molar-refractivity contribution in [1.82, 2.24) is 9.97 Å². The number of esters is 1. The molecule has 0 saturated heterocycles. The smallest absolute Gasteiger partial charge is 0.339 e. The van der Waals surface area contributed by atoms with Crippen molar-refractivity contribution in [3.63, 3.8) is 0 Å². The molecule has 6 nitrogen and oxygen atoms in total. The van der Waals surface area contributed by atoms with Gasteiger partial charge in [0.15, 0.2) is 0 Å². The topological polar surface area (TPSA) is 76.1 Å². The molecule has 0 aliphatic carbocycles. The lowest BCUT2D eigenvalue weighted by Crippen LogP contribution is -2.07. The van der Waals surface area contributed by atoms with E-state index in [9.17, 15) is 13.6 Å². The summed E-state index contributed by atoms with van der Waals surface area (Å²) in [6.45, 7) is 0. The highest BCUT2D eigenvalue weighted by Gasteiger charge is 2.13. The summed E-state index contributed by atoms with van der Waals surface area (Å²) < 4.78 is 32.2. The first kappa shape index (κ1) is 17.3. The van der Waals surface area contributed by atoms with Crippen LogP contribution in [0.25, 0.3) is 0 Å². The molecule has 1 aromatic heterocycles. The Bertz CT molecular complexity index is 930. The van der Waals surface area contributed by atoms with Gasteiger partial charge in [-0.2, -0.15) is 4.98 Å². The van der Waals surface area contributed by atoms with Crippen molar-refractivity contribution in [2.24, 2.45) is 0 Å². The zero-order valence-electron chi connectivity index (χ0n) is 13.7. The van der Waals surface area contributed by atoms with Crippen LogP contribution in [0, 0.1) is 11.6 Å². The summed E-state index contributed by atoms with van der Waals surface area (Å²) >= 11 is 0. The number of hydrogen-bond acceptors (Lipinski definition) is 6. The number of aromatic nitrogens is 2. The molecule has 0 fully saturated rings. The third-order valence-corrected chi connectivity index (χ3v) is 3.45. The van der Waals surface area contributed by atoms with E-state index in [1.165, 1.54) is 25.4 Å². The Kier molecular flexibility index (Phi) is 5.02. The van der Waals surface area contributed by atoms with E-state index in [1.54, 1.807) is 24.3 Å². The molecule has 0 radical (unpaired) electrons. The van der Waals surface area contributed by atoms with Gasteiger partial charge >= 0.3 is 5.97 Å². The number of nitrogens with one attached hydrogen (secondary N) is 2. The summed E-state index contributed by atoms with van der Waals surface area (Å²) in [6.07, 6.45) is 1.41. The minimum absolute atomic E-state index is 0.142. The Balaban J connectivity index is 1.86. The molecule has 0 saturated carbocycles. The predicted octanol–water partition coefficient (Wildman–Crippen LogP) is 4.03. The van der Waals surface area contributed by atoms with Crippen molar-refractivity contribution >= 4 is 29.1 Å². The summed E-state index contributed by atoms with van der Waals surface area (Å²) in [5.74, 6) is -1.68. The number of carbonyl (C=O) groups is 1. The number of halogens is 2. The lowest BCUT2D eigenvalue weighted by molar-refractivity contribution is 0.0602. The van der Waals surface area contributed by atoms with Crippen LogP contribution in [0.2, 0.25) is 0 Å². The number of rotatable bonds is 5. The molecule has 2 N–H and O–H groups in total. The maximum absolute atomic E-state index is 13.8. The van der Waals surface area contributed by atoms with E-state index in [2.05, 4.69) is 20.6 Å². The molecule has 3 aromatic rings. The molecule has 0 aliphatic rings. The van der Waals surface area contributed by atoms with Gasteiger partial charge in [-0.05, 0) is 30.3 Å². The lowest BCUT2D eigenvalue weighted by Gasteiger charge is -2.11. The minimum atomic E-state index is -0.742. The average molecular weight is 356 g/mol. The highest BCUT2D eigenvalue weighted by atomic mass is 19.1. The molecule has 0 aliphatic heterocycles. The van der Waals surface area contributed by atoms with Gasteiger partial charge in [0.1, 0.15) is 23.1 Å². The fraction of sp³-hybridized carbons (Fsp3) is 0.0556. The first-order valence-corrected chi connectivity index (χ1v) is 7.57. The lowest BCUT2D eigenvalue weighted by atomic mass is 10.2. The third-order valence-electron chi connectivity index (χ3n) is 3.45. The van der Waals surface area contributed by atoms with E-state index >= 15 is 0 Å². The molecule has 2 aromatic carbocycles. The van der Waals surface area contributed by atoms with Crippen LogP contribution in [0.4, 0.5) is 31.9 Å². The van der Waals surface area contributed by atoms with Crippen molar-refractivity contribution in [3.8, 4) is 0 Å². The van der Waals surface area contributed by atoms with Crippen LogP contribution < -0.4 is 10.6 Å². The highest BCUT2D eigenvalue weighted by Crippen LogP contribution is 2.24. The second-order valence-corrected chi connectivity index (χ2v) is 5.15. The van der Waals surface area contributed by atoms with Gasteiger partial charge in [0.2, 0.25) is 5.95 Å². The van der Waals surface area contributed by atoms with Gasteiger partial charge in [-0.3, -0.25) is 0 Å². The van der Waals surface area contributed by atoms with E-state index in [1.807, 2.05) is 0 Å². The molecule has 0 atom stereocenters. The quantitative estimate of drug-likeness (QED) is 0.672. The average Bonchev–Trinajstić information content (AvgIpc) is 2.65. The Hall–Kier alpha value is -3.55. The second-order valence-electron chi connectivity index (χ2n) is 5.15. The van der Waals surface area contributed by atoms with Crippen molar-refractivity contribution in [1.29, 1.82) is 0 Å². The van der Waals surface area contributed by atoms with E-state index in [0.717, 1.165) is 12.1 Å². The second kappa shape index (κ2) is 7.56. The number of anilines is 4. The summed E-state index contributed by atoms with van der Waals surface area (Å²) in [5, 5.41) is 5.48. The molecule has 8 heteroatoms. The number of carbonyl (C=O) groups excluding carboxylic acids is 1. The van der Waals surface area contributed by atoms with Gasteiger partial charge in [0, 0.05) is 6.20 Å². The number of hydrogen-bond donors (Lipinski definition) is 2. The zero-order chi connectivity index (χ0) is 18.5. The fourth-order valence-corrected chi connectivity index (χ4v) is 2.23.